The summed E-state index contributed by atoms with van der Waals surface area (Å²) < 4.78 is 0. The number of phenols is 1. The number of hydrogen-bond acceptors (Lipinski definition) is 1. The Hall–Kier alpha value is -2.89. The molecular formula is C34H41OP. The van der Waals surface area contributed by atoms with E-state index in [1.54, 1.807) is 12.1 Å². The molecule has 0 saturated carbocycles. The maximum atomic E-state index is 9.78. The van der Waals surface area contributed by atoms with Gasteiger partial charge in [-0.2, -0.15) is 0 Å². The van der Waals surface area contributed by atoms with E-state index < -0.39 is 7.92 Å². The van der Waals surface area contributed by atoms with Crippen LogP contribution in [0.15, 0.2) is 109 Å². The minimum atomic E-state index is -0.660. The van der Waals surface area contributed by atoms with E-state index in [2.05, 4.69) is 102 Å². The summed E-state index contributed by atoms with van der Waals surface area (Å²) in [7, 11) is -0.660. The average molecular weight is 497 g/mol. The molecule has 0 heterocycles. The fraction of sp³-hybridized carbons (Fsp3) is 0.294. The van der Waals surface area contributed by atoms with E-state index in [1.807, 2.05) is 36.4 Å². The van der Waals surface area contributed by atoms with Crippen LogP contribution in [0, 0.1) is 10.8 Å². The Kier molecular flexibility index (Phi) is 9.52. The van der Waals surface area contributed by atoms with Crippen LogP contribution in [0.3, 0.4) is 0 Å². The van der Waals surface area contributed by atoms with Crippen LogP contribution in [0.4, 0.5) is 0 Å². The molecule has 0 spiro atoms. The molecule has 1 N–H and O–H groups in total. The first kappa shape index (κ1) is 27.7. The summed E-state index contributed by atoms with van der Waals surface area (Å²) in [6.45, 7) is 13.7. The van der Waals surface area contributed by atoms with Gasteiger partial charge >= 0.3 is 0 Å². The number of aromatic hydroxyl groups is 1. The fourth-order valence-corrected chi connectivity index (χ4v) is 6.42. The van der Waals surface area contributed by atoms with Gasteiger partial charge in [-0.15, -0.1) is 0 Å². The van der Waals surface area contributed by atoms with Gasteiger partial charge in [0.2, 0.25) is 0 Å². The number of benzene rings is 4. The van der Waals surface area contributed by atoms with Crippen molar-refractivity contribution in [3.05, 3.63) is 120 Å². The van der Waals surface area contributed by atoms with Gasteiger partial charge in [0.25, 0.3) is 0 Å². The molecule has 0 aliphatic rings. The lowest BCUT2D eigenvalue weighted by Crippen LogP contribution is -2.21. The van der Waals surface area contributed by atoms with E-state index >= 15 is 0 Å². The van der Waals surface area contributed by atoms with Crippen molar-refractivity contribution in [2.24, 2.45) is 10.8 Å². The molecular weight excluding hydrogens is 455 g/mol. The van der Waals surface area contributed by atoms with Gasteiger partial charge in [-0.05, 0) is 70.8 Å². The molecule has 0 aliphatic carbocycles. The van der Waals surface area contributed by atoms with Crippen molar-refractivity contribution in [1.82, 2.24) is 0 Å². The average Bonchev–Trinajstić information content (AvgIpc) is 2.82. The second-order valence-corrected chi connectivity index (χ2v) is 14.0. The van der Waals surface area contributed by atoms with Crippen LogP contribution in [0.5, 0.6) is 5.75 Å². The van der Waals surface area contributed by atoms with Crippen molar-refractivity contribution in [3.63, 3.8) is 0 Å². The molecule has 0 bridgehead atoms. The number of rotatable bonds is 5. The normalized spacial score (nSPS) is 11.6. The third-order valence-electron chi connectivity index (χ3n) is 5.63. The van der Waals surface area contributed by atoms with Crippen LogP contribution in [0.25, 0.3) is 0 Å². The van der Waals surface area contributed by atoms with Crippen LogP contribution in [-0.2, 0) is 12.8 Å². The molecule has 0 amide bonds. The third kappa shape index (κ3) is 9.29. The highest BCUT2D eigenvalue weighted by molar-refractivity contribution is 7.79. The zero-order valence-electron chi connectivity index (χ0n) is 22.7. The Balaban J connectivity index is 0.000000526. The molecule has 188 valence electrons. The van der Waals surface area contributed by atoms with Crippen LogP contribution < -0.4 is 15.9 Å². The molecule has 0 aliphatic heterocycles. The Bertz CT molecular complexity index is 1080. The van der Waals surface area contributed by atoms with E-state index in [1.165, 1.54) is 27.0 Å². The van der Waals surface area contributed by atoms with E-state index in [0.717, 1.165) is 12.8 Å². The van der Waals surface area contributed by atoms with Gasteiger partial charge in [-0.25, -0.2) is 0 Å². The predicted octanol–water partition coefficient (Wildman–Crippen LogP) is 8.01. The maximum absolute atomic E-state index is 9.78. The van der Waals surface area contributed by atoms with Crippen LogP contribution in [0.1, 0.15) is 52.7 Å². The standard InChI is InChI=1S/C28H35OP.C6H6/c1-27(2,3)19-21-7-13-24(14-8-21)30(26-17-11-23(29)12-18-26)25-15-9-22(10-16-25)20-28(4,5)6;1-2-4-6-5-3-1/h7-18,29H,19-20H2,1-6H3;1-6H. The van der Waals surface area contributed by atoms with E-state index in [9.17, 15) is 5.11 Å². The predicted molar refractivity (Wildman–Crippen MR) is 160 cm³/mol. The smallest absolute Gasteiger partial charge is 0.115 e. The van der Waals surface area contributed by atoms with E-state index in [4.69, 9.17) is 0 Å². The highest BCUT2D eigenvalue weighted by atomic mass is 31.1. The zero-order chi connectivity index (χ0) is 26.2. The molecule has 0 saturated heterocycles. The molecule has 4 aromatic rings. The first-order valence-corrected chi connectivity index (χ1v) is 14.1. The molecule has 1 nitrogen and oxygen atoms in total. The summed E-state index contributed by atoms with van der Waals surface area (Å²) in [6, 6.07) is 38.0. The summed E-state index contributed by atoms with van der Waals surface area (Å²) in [5, 5.41) is 13.7. The van der Waals surface area contributed by atoms with Gasteiger partial charge in [-0.1, -0.05) is 139 Å². The molecule has 0 fully saturated rings. The summed E-state index contributed by atoms with van der Waals surface area (Å²) in [6.07, 6.45) is 2.15. The molecule has 36 heavy (non-hydrogen) atoms. The summed E-state index contributed by atoms with van der Waals surface area (Å²) >= 11 is 0. The second kappa shape index (κ2) is 12.4. The summed E-state index contributed by atoms with van der Waals surface area (Å²) in [5.41, 5.74) is 3.33. The van der Waals surface area contributed by atoms with Crippen molar-refractivity contribution in [1.29, 1.82) is 0 Å². The van der Waals surface area contributed by atoms with E-state index in [-0.39, 0.29) is 10.8 Å². The monoisotopic (exact) mass is 496 g/mol. The minimum absolute atomic E-state index is 0.284. The lowest BCUT2D eigenvalue weighted by molar-refractivity contribution is 0.411. The van der Waals surface area contributed by atoms with Crippen molar-refractivity contribution >= 4 is 23.8 Å². The van der Waals surface area contributed by atoms with Crippen LogP contribution >= 0.6 is 7.92 Å². The van der Waals surface area contributed by atoms with Gasteiger partial charge < -0.3 is 5.11 Å². The van der Waals surface area contributed by atoms with Crippen LogP contribution in [-0.4, -0.2) is 5.11 Å². The molecule has 4 aromatic carbocycles. The number of phenolic OH excluding ortho intramolecular Hbond substituents is 1. The largest absolute Gasteiger partial charge is 0.508 e. The fourth-order valence-electron chi connectivity index (χ4n) is 4.18. The van der Waals surface area contributed by atoms with Crippen molar-refractivity contribution in [3.8, 4) is 5.75 Å². The maximum Gasteiger partial charge on any atom is 0.115 e. The summed E-state index contributed by atoms with van der Waals surface area (Å²) in [5.74, 6) is 0.315. The lowest BCUT2D eigenvalue weighted by atomic mass is 9.88. The Morgan fingerprint density at radius 3 is 1.03 bits per heavy atom. The highest BCUT2D eigenvalue weighted by Gasteiger charge is 2.18. The van der Waals surface area contributed by atoms with E-state index in [0.29, 0.717) is 5.75 Å². The third-order valence-corrected chi connectivity index (χ3v) is 8.08. The molecule has 4 rings (SSSR count). The Morgan fingerprint density at radius 1 is 0.472 bits per heavy atom. The minimum Gasteiger partial charge on any atom is -0.508 e. The van der Waals surface area contributed by atoms with Gasteiger partial charge in [0.1, 0.15) is 5.75 Å². The molecule has 0 unspecified atom stereocenters. The second-order valence-electron chi connectivity index (χ2n) is 11.8. The van der Waals surface area contributed by atoms with Crippen molar-refractivity contribution < 1.29 is 5.11 Å². The first-order chi connectivity index (χ1) is 17.0. The molecule has 0 aromatic heterocycles. The Morgan fingerprint density at radius 2 is 0.750 bits per heavy atom. The molecule has 0 radical (unpaired) electrons. The van der Waals surface area contributed by atoms with Crippen molar-refractivity contribution in [2.45, 2.75) is 54.4 Å². The highest BCUT2D eigenvalue weighted by Crippen LogP contribution is 2.34. The van der Waals surface area contributed by atoms with Gasteiger partial charge in [0, 0.05) is 0 Å². The first-order valence-electron chi connectivity index (χ1n) is 12.8. The molecule has 2 heteroatoms. The SMILES string of the molecule is CC(C)(C)Cc1ccc(P(c2ccc(O)cc2)c2ccc(CC(C)(C)C)cc2)cc1.c1ccccc1. The van der Waals surface area contributed by atoms with Gasteiger partial charge in [0.15, 0.2) is 0 Å². The lowest BCUT2D eigenvalue weighted by Gasteiger charge is -2.22. The summed E-state index contributed by atoms with van der Waals surface area (Å²) in [4.78, 5) is 0. The van der Waals surface area contributed by atoms with Crippen molar-refractivity contribution in [2.75, 3.05) is 0 Å². The number of hydrogen-bond donors (Lipinski definition) is 1. The van der Waals surface area contributed by atoms with Crippen LogP contribution in [0.2, 0.25) is 0 Å². The van der Waals surface area contributed by atoms with Gasteiger partial charge in [0.05, 0.1) is 0 Å². The van der Waals surface area contributed by atoms with Gasteiger partial charge in [-0.3, -0.25) is 0 Å². The Labute approximate surface area is 220 Å². The molecule has 0 atom stereocenters. The topological polar surface area (TPSA) is 20.2 Å². The zero-order valence-corrected chi connectivity index (χ0v) is 23.6. The quantitative estimate of drug-likeness (QED) is 0.277.